The molecule has 1 aromatic rings. The van der Waals surface area contributed by atoms with E-state index in [9.17, 15) is 9.59 Å². The highest BCUT2D eigenvalue weighted by Gasteiger charge is 2.04. The van der Waals surface area contributed by atoms with Gasteiger partial charge < -0.3 is 9.94 Å². The lowest BCUT2D eigenvalue weighted by Crippen LogP contribution is -2.24. The van der Waals surface area contributed by atoms with Gasteiger partial charge in [0, 0.05) is 6.07 Å². The number of carbonyl (C=O) groups is 1. The summed E-state index contributed by atoms with van der Waals surface area (Å²) in [6.45, 7) is 0. The quantitative estimate of drug-likeness (QED) is 0.654. The highest BCUT2D eigenvalue weighted by Crippen LogP contribution is 1.93. The molecule has 0 saturated heterocycles. The molecular weight excluding hydrogens is 162 g/mol. The Morgan fingerprint density at radius 3 is 2.75 bits per heavy atom. The number of aromatic nitrogens is 1. The molecule has 0 fully saturated rings. The highest BCUT2D eigenvalue weighted by atomic mass is 16.6. The first kappa shape index (κ1) is 8.32. The van der Waals surface area contributed by atoms with Crippen molar-refractivity contribution in [3.05, 3.63) is 34.2 Å². The molecule has 5 heteroatoms. The third-order valence-corrected chi connectivity index (χ3v) is 1.32. The van der Waals surface area contributed by atoms with E-state index in [2.05, 4.69) is 4.84 Å². The molecule has 1 heterocycles. The zero-order valence-electron chi connectivity index (χ0n) is 6.35. The van der Waals surface area contributed by atoms with Crippen LogP contribution in [0.15, 0.2) is 23.1 Å². The number of nitrogens with zero attached hydrogens (tertiary/aromatic N) is 1. The number of hydrogen-bond acceptors (Lipinski definition) is 3. The van der Waals surface area contributed by atoms with E-state index in [1.807, 2.05) is 0 Å². The number of hydrogen-bond donors (Lipinski definition) is 1. The molecule has 0 saturated carbocycles. The molecule has 0 radical (unpaired) electrons. The zero-order valence-corrected chi connectivity index (χ0v) is 6.35. The third-order valence-electron chi connectivity index (χ3n) is 1.32. The predicted molar refractivity (Wildman–Crippen MR) is 40.2 cm³/mol. The van der Waals surface area contributed by atoms with Crippen LogP contribution in [0.4, 0.5) is 0 Å². The molecule has 0 atom stereocenters. The van der Waals surface area contributed by atoms with Crippen LogP contribution in [0.1, 0.15) is 10.4 Å². The minimum Gasteiger partial charge on any atom is -0.478 e. The Labute approximate surface area is 67.8 Å². The second-order valence-electron chi connectivity index (χ2n) is 2.07. The lowest BCUT2D eigenvalue weighted by molar-refractivity contribution is 0.0690. The summed E-state index contributed by atoms with van der Waals surface area (Å²) in [6.07, 6.45) is 1.12. The minimum atomic E-state index is -1.10. The average Bonchev–Trinajstić information content (AvgIpc) is 2.05. The maximum Gasteiger partial charge on any atom is 0.337 e. The fourth-order valence-corrected chi connectivity index (χ4v) is 0.737. The zero-order chi connectivity index (χ0) is 9.14. The van der Waals surface area contributed by atoms with E-state index in [1.165, 1.54) is 13.2 Å². The first-order valence-corrected chi connectivity index (χ1v) is 3.15. The van der Waals surface area contributed by atoms with Gasteiger partial charge in [-0.05, 0) is 6.07 Å². The Morgan fingerprint density at radius 2 is 2.25 bits per heavy atom. The lowest BCUT2D eigenvalue weighted by Gasteiger charge is -2.02. The first-order valence-electron chi connectivity index (χ1n) is 3.15. The highest BCUT2D eigenvalue weighted by molar-refractivity contribution is 5.87. The topological polar surface area (TPSA) is 68.5 Å². The van der Waals surface area contributed by atoms with Crippen molar-refractivity contribution in [3.63, 3.8) is 0 Å². The van der Waals surface area contributed by atoms with Crippen LogP contribution in [0, 0.1) is 0 Å². The third kappa shape index (κ3) is 1.45. The monoisotopic (exact) mass is 169 g/mol. The molecule has 0 bridgehead atoms. The van der Waals surface area contributed by atoms with Gasteiger partial charge in [-0.15, -0.1) is 0 Å². The molecule has 0 aromatic carbocycles. The fraction of sp³-hybridized carbons (Fsp3) is 0.143. The molecular formula is C7H7NO4. The average molecular weight is 169 g/mol. The van der Waals surface area contributed by atoms with E-state index in [4.69, 9.17) is 5.11 Å². The molecule has 5 nitrogen and oxygen atoms in total. The molecule has 0 aliphatic carbocycles. The number of pyridine rings is 1. The van der Waals surface area contributed by atoms with Crippen LogP contribution in [-0.2, 0) is 0 Å². The Balaban J connectivity index is 3.23. The van der Waals surface area contributed by atoms with Crippen molar-refractivity contribution >= 4 is 5.97 Å². The van der Waals surface area contributed by atoms with Crippen LogP contribution in [0.3, 0.4) is 0 Å². The van der Waals surface area contributed by atoms with Crippen molar-refractivity contribution in [1.29, 1.82) is 0 Å². The van der Waals surface area contributed by atoms with E-state index < -0.39 is 11.5 Å². The second kappa shape index (κ2) is 3.08. The van der Waals surface area contributed by atoms with E-state index in [0.29, 0.717) is 0 Å². The van der Waals surface area contributed by atoms with Crippen LogP contribution in [0.5, 0.6) is 0 Å². The Bertz CT molecular complexity index is 355. The molecule has 0 aliphatic rings. The molecule has 64 valence electrons. The SMILES string of the molecule is COn1cc(C(=O)O)ccc1=O. The van der Waals surface area contributed by atoms with Crippen LogP contribution in [-0.4, -0.2) is 22.9 Å². The summed E-state index contributed by atoms with van der Waals surface area (Å²) in [5, 5.41) is 8.52. The number of carboxylic acids is 1. The number of carboxylic acid groups (broad SMARTS) is 1. The molecule has 1 N–H and O–H groups in total. The second-order valence-corrected chi connectivity index (χ2v) is 2.07. The van der Waals surface area contributed by atoms with E-state index in [0.717, 1.165) is 17.0 Å². The van der Waals surface area contributed by atoms with Crippen LogP contribution >= 0.6 is 0 Å². The molecule has 1 aromatic heterocycles. The summed E-state index contributed by atoms with van der Waals surface area (Å²) in [6, 6.07) is 2.35. The Morgan fingerprint density at radius 1 is 1.58 bits per heavy atom. The van der Waals surface area contributed by atoms with Gasteiger partial charge in [-0.25, -0.2) is 4.79 Å². The van der Waals surface area contributed by atoms with E-state index >= 15 is 0 Å². The van der Waals surface area contributed by atoms with Crippen LogP contribution in [0.25, 0.3) is 0 Å². The summed E-state index contributed by atoms with van der Waals surface area (Å²) in [7, 11) is 1.28. The normalized spacial score (nSPS) is 9.42. The Kier molecular flexibility index (Phi) is 2.14. The van der Waals surface area contributed by atoms with Crippen LogP contribution in [0.2, 0.25) is 0 Å². The number of aromatic carboxylic acids is 1. The first-order chi connectivity index (χ1) is 5.65. The fourth-order valence-electron chi connectivity index (χ4n) is 0.737. The van der Waals surface area contributed by atoms with Crippen molar-refractivity contribution in [2.75, 3.05) is 7.11 Å². The van der Waals surface area contributed by atoms with E-state index in [1.54, 1.807) is 0 Å². The maximum absolute atomic E-state index is 10.9. The standard InChI is InChI=1S/C7H7NO4/c1-12-8-4-5(7(10)11)2-3-6(8)9/h2-4H,1H3,(H,10,11). The molecule has 0 aliphatic heterocycles. The van der Waals surface area contributed by atoms with Crippen molar-refractivity contribution in [3.8, 4) is 0 Å². The molecule has 0 spiro atoms. The van der Waals surface area contributed by atoms with Crippen molar-refractivity contribution in [2.24, 2.45) is 0 Å². The number of rotatable bonds is 2. The van der Waals surface area contributed by atoms with Gasteiger partial charge >= 0.3 is 5.97 Å². The molecule has 12 heavy (non-hydrogen) atoms. The largest absolute Gasteiger partial charge is 0.478 e. The lowest BCUT2D eigenvalue weighted by atomic mass is 10.3. The summed E-state index contributed by atoms with van der Waals surface area (Å²) in [5.41, 5.74) is -0.390. The van der Waals surface area contributed by atoms with Gasteiger partial charge in [0.2, 0.25) is 0 Å². The minimum absolute atomic E-state index is 0.0106. The van der Waals surface area contributed by atoms with Gasteiger partial charge in [-0.1, -0.05) is 0 Å². The molecule has 0 unspecified atom stereocenters. The summed E-state index contributed by atoms with van der Waals surface area (Å²) in [5.74, 6) is -1.10. The van der Waals surface area contributed by atoms with Crippen LogP contribution < -0.4 is 10.4 Å². The Hall–Kier alpha value is -1.78. The molecule has 0 amide bonds. The van der Waals surface area contributed by atoms with Crippen molar-refractivity contribution < 1.29 is 14.7 Å². The van der Waals surface area contributed by atoms with Gasteiger partial charge in [0.15, 0.2) is 0 Å². The van der Waals surface area contributed by atoms with Gasteiger partial charge in [-0.2, -0.15) is 4.73 Å². The summed E-state index contributed by atoms with van der Waals surface area (Å²) >= 11 is 0. The summed E-state index contributed by atoms with van der Waals surface area (Å²) in [4.78, 5) is 25.9. The van der Waals surface area contributed by atoms with Gasteiger partial charge in [0.05, 0.1) is 11.8 Å². The smallest absolute Gasteiger partial charge is 0.337 e. The van der Waals surface area contributed by atoms with Gasteiger partial charge in [0.25, 0.3) is 5.56 Å². The van der Waals surface area contributed by atoms with E-state index in [-0.39, 0.29) is 5.56 Å². The maximum atomic E-state index is 10.9. The van der Waals surface area contributed by atoms with Gasteiger partial charge in [-0.3, -0.25) is 4.79 Å². The van der Waals surface area contributed by atoms with Crippen molar-refractivity contribution in [1.82, 2.24) is 4.73 Å². The van der Waals surface area contributed by atoms with Crippen molar-refractivity contribution in [2.45, 2.75) is 0 Å². The molecule has 1 rings (SSSR count). The predicted octanol–water partition coefficient (Wildman–Crippen LogP) is -0.395. The summed E-state index contributed by atoms with van der Waals surface area (Å²) < 4.78 is 0.851. The van der Waals surface area contributed by atoms with Gasteiger partial charge in [0.1, 0.15) is 7.11 Å².